The highest BCUT2D eigenvalue weighted by atomic mass is 19.1. The Morgan fingerprint density at radius 1 is 1.10 bits per heavy atom. The largest absolute Gasteiger partial charge is 0.290 e. The summed E-state index contributed by atoms with van der Waals surface area (Å²) in [6.07, 6.45) is 0. The molecule has 0 fully saturated rings. The third-order valence-electron chi connectivity index (χ3n) is 3.41. The van der Waals surface area contributed by atoms with Crippen molar-refractivity contribution in [2.45, 2.75) is 59.4 Å². The van der Waals surface area contributed by atoms with Crippen molar-refractivity contribution >= 4 is 10.9 Å². The lowest BCUT2D eigenvalue weighted by atomic mass is 9.93. The second-order valence-corrected chi connectivity index (χ2v) is 7.64. The Bertz CT molecular complexity index is 761. The molecule has 0 N–H and O–H groups in total. The first-order valence-electron chi connectivity index (χ1n) is 7.17. The molecular weight excluding hydrogens is 267 g/mol. The minimum atomic E-state index is -0.499. The molecule has 1 aromatic carbocycles. The Hall–Kier alpha value is -1.71. The van der Waals surface area contributed by atoms with Gasteiger partial charge >= 0.3 is 0 Å². The maximum atomic E-state index is 14.3. The third-order valence-corrected chi connectivity index (χ3v) is 3.41. The normalized spacial score (nSPS) is 13.0. The van der Waals surface area contributed by atoms with E-state index in [-0.39, 0.29) is 16.4 Å². The van der Waals surface area contributed by atoms with Crippen molar-refractivity contribution in [1.29, 1.82) is 0 Å². The third kappa shape index (κ3) is 2.71. The number of rotatable bonds is 0. The summed E-state index contributed by atoms with van der Waals surface area (Å²) in [7, 11) is 0. The van der Waals surface area contributed by atoms with Crippen LogP contribution in [-0.2, 0) is 11.0 Å². The minimum absolute atomic E-state index is 0.0727. The van der Waals surface area contributed by atoms with Crippen LogP contribution in [0.15, 0.2) is 16.9 Å². The van der Waals surface area contributed by atoms with E-state index in [4.69, 9.17) is 0 Å². The predicted molar refractivity (Wildman–Crippen MR) is 84.4 cm³/mol. The Labute approximate surface area is 124 Å². The molecule has 0 bridgehead atoms. The molecular formula is C17H23FN2O. The number of benzene rings is 1. The number of aryl methyl sites for hydroxylation is 1. The van der Waals surface area contributed by atoms with E-state index in [0.717, 1.165) is 5.56 Å². The van der Waals surface area contributed by atoms with Gasteiger partial charge in [0.1, 0.15) is 17.0 Å². The van der Waals surface area contributed by atoms with Crippen molar-refractivity contribution in [2.24, 2.45) is 0 Å². The van der Waals surface area contributed by atoms with Crippen molar-refractivity contribution in [3.63, 3.8) is 0 Å². The van der Waals surface area contributed by atoms with Gasteiger partial charge in [-0.1, -0.05) is 20.8 Å². The quantitative estimate of drug-likeness (QED) is 0.737. The maximum absolute atomic E-state index is 14.3. The summed E-state index contributed by atoms with van der Waals surface area (Å²) in [5.74, 6) is 0.179. The SMILES string of the molecule is Cc1cc(F)c2c(=O)n(C(C)(C)C)c(C(C)(C)C)nc2c1. The van der Waals surface area contributed by atoms with E-state index in [1.807, 2.05) is 41.5 Å². The molecule has 4 heteroatoms. The lowest BCUT2D eigenvalue weighted by molar-refractivity contribution is 0.337. The van der Waals surface area contributed by atoms with Crippen LogP contribution in [0.4, 0.5) is 4.39 Å². The molecule has 0 spiro atoms. The Morgan fingerprint density at radius 3 is 2.14 bits per heavy atom. The number of nitrogens with zero attached hydrogens (tertiary/aromatic N) is 2. The smallest absolute Gasteiger partial charge is 0.264 e. The number of halogens is 1. The van der Waals surface area contributed by atoms with Crippen LogP contribution in [-0.4, -0.2) is 9.55 Å². The van der Waals surface area contributed by atoms with Crippen molar-refractivity contribution in [2.75, 3.05) is 0 Å². The van der Waals surface area contributed by atoms with E-state index in [0.29, 0.717) is 11.3 Å². The molecule has 21 heavy (non-hydrogen) atoms. The minimum Gasteiger partial charge on any atom is -0.290 e. The van der Waals surface area contributed by atoms with Crippen molar-refractivity contribution in [3.8, 4) is 0 Å². The summed E-state index contributed by atoms with van der Waals surface area (Å²) in [6, 6.07) is 3.15. The van der Waals surface area contributed by atoms with Gasteiger partial charge in [-0.3, -0.25) is 9.36 Å². The number of fused-ring (bicyclic) bond motifs is 1. The van der Waals surface area contributed by atoms with Gasteiger partial charge in [0.2, 0.25) is 0 Å². The Balaban J connectivity index is 3.07. The van der Waals surface area contributed by atoms with E-state index >= 15 is 0 Å². The standard InChI is InChI=1S/C17H23FN2O/c1-10-8-11(18)13-12(9-10)19-15(16(2,3)4)20(14(13)21)17(5,6)7/h8-9H,1-7H3. The zero-order chi connectivity index (χ0) is 16.2. The molecule has 1 aromatic heterocycles. The molecule has 0 saturated heterocycles. The van der Waals surface area contributed by atoms with Gasteiger partial charge in [-0.15, -0.1) is 0 Å². The summed E-state index contributed by atoms with van der Waals surface area (Å²) in [5, 5.41) is 0.0727. The summed E-state index contributed by atoms with van der Waals surface area (Å²) >= 11 is 0. The topological polar surface area (TPSA) is 34.9 Å². The molecule has 0 saturated carbocycles. The average Bonchev–Trinajstić information content (AvgIpc) is 2.23. The van der Waals surface area contributed by atoms with Gasteiger partial charge in [0, 0.05) is 11.0 Å². The van der Waals surface area contributed by atoms with E-state index in [2.05, 4.69) is 4.98 Å². The average molecular weight is 290 g/mol. The lowest BCUT2D eigenvalue weighted by Crippen LogP contribution is -2.41. The van der Waals surface area contributed by atoms with E-state index < -0.39 is 11.4 Å². The molecule has 2 aromatic rings. The fourth-order valence-corrected chi connectivity index (χ4v) is 2.52. The predicted octanol–water partition coefficient (Wildman–Crippen LogP) is 3.90. The van der Waals surface area contributed by atoms with Crippen LogP contribution < -0.4 is 5.56 Å². The van der Waals surface area contributed by atoms with Crippen LogP contribution in [0.25, 0.3) is 10.9 Å². The first-order chi connectivity index (χ1) is 9.43. The first kappa shape index (κ1) is 15.7. The van der Waals surface area contributed by atoms with Gasteiger partial charge in [-0.25, -0.2) is 9.37 Å². The highest BCUT2D eigenvalue weighted by molar-refractivity contribution is 5.79. The molecule has 0 aliphatic rings. The summed E-state index contributed by atoms with van der Waals surface area (Å²) < 4.78 is 15.9. The van der Waals surface area contributed by atoms with Crippen molar-refractivity contribution < 1.29 is 4.39 Å². The number of aromatic nitrogens is 2. The Morgan fingerprint density at radius 2 is 1.67 bits per heavy atom. The van der Waals surface area contributed by atoms with Crippen molar-refractivity contribution in [1.82, 2.24) is 9.55 Å². The fraction of sp³-hybridized carbons (Fsp3) is 0.529. The zero-order valence-electron chi connectivity index (χ0n) is 13.8. The second-order valence-electron chi connectivity index (χ2n) is 7.64. The molecule has 1 heterocycles. The van der Waals surface area contributed by atoms with Crippen LogP contribution in [0.3, 0.4) is 0 Å². The second kappa shape index (κ2) is 4.65. The van der Waals surface area contributed by atoms with E-state index in [1.54, 1.807) is 17.6 Å². The summed E-state index contributed by atoms with van der Waals surface area (Å²) in [6.45, 7) is 13.6. The lowest BCUT2D eigenvalue weighted by Gasteiger charge is -2.31. The van der Waals surface area contributed by atoms with Gasteiger partial charge in [0.15, 0.2) is 0 Å². The van der Waals surface area contributed by atoms with Gasteiger partial charge in [-0.05, 0) is 45.4 Å². The molecule has 2 rings (SSSR count). The molecule has 0 atom stereocenters. The van der Waals surface area contributed by atoms with E-state index in [9.17, 15) is 9.18 Å². The molecule has 114 valence electrons. The summed E-state index contributed by atoms with van der Waals surface area (Å²) in [5.41, 5.74) is 0.122. The van der Waals surface area contributed by atoms with Crippen LogP contribution in [0.1, 0.15) is 52.9 Å². The molecule has 0 amide bonds. The summed E-state index contributed by atoms with van der Waals surface area (Å²) in [4.78, 5) is 17.5. The molecule has 0 aliphatic heterocycles. The van der Waals surface area contributed by atoms with Crippen molar-refractivity contribution in [3.05, 3.63) is 39.7 Å². The highest BCUT2D eigenvalue weighted by Crippen LogP contribution is 2.27. The van der Waals surface area contributed by atoms with E-state index in [1.165, 1.54) is 6.07 Å². The maximum Gasteiger partial charge on any atom is 0.264 e. The molecule has 3 nitrogen and oxygen atoms in total. The molecule has 0 radical (unpaired) electrons. The zero-order valence-corrected chi connectivity index (χ0v) is 13.8. The van der Waals surface area contributed by atoms with Gasteiger partial charge in [-0.2, -0.15) is 0 Å². The molecule has 0 aliphatic carbocycles. The van der Waals surface area contributed by atoms with Crippen LogP contribution in [0.2, 0.25) is 0 Å². The fourth-order valence-electron chi connectivity index (χ4n) is 2.52. The van der Waals surface area contributed by atoms with Gasteiger partial charge in [0.25, 0.3) is 5.56 Å². The Kier molecular flexibility index (Phi) is 3.47. The highest BCUT2D eigenvalue weighted by Gasteiger charge is 2.29. The van der Waals surface area contributed by atoms with Crippen LogP contribution in [0.5, 0.6) is 0 Å². The number of hydrogen-bond acceptors (Lipinski definition) is 2. The first-order valence-corrected chi connectivity index (χ1v) is 7.17. The van der Waals surface area contributed by atoms with Gasteiger partial charge in [0.05, 0.1) is 5.52 Å². The van der Waals surface area contributed by atoms with Gasteiger partial charge < -0.3 is 0 Å². The number of hydrogen-bond donors (Lipinski definition) is 0. The van der Waals surface area contributed by atoms with Crippen LogP contribution in [0, 0.1) is 12.7 Å². The van der Waals surface area contributed by atoms with Crippen LogP contribution >= 0.6 is 0 Å². The molecule has 0 unspecified atom stereocenters. The monoisotopic (exact) mass is 290 g/mol.